The maximum Gasteiger partial charge on any atom is 0.257 e. The zero-order chi connectivity index (χ0) is 24.5. The van der Waals surface area contributed by atoms with E-state index in [9.17, 15) is 23.5 Å². The Morgan fingerprint density at radius 2 is 1.83 bits per heavy atom. The molecule has 5 rings (SSSR count). The van der Waals surface area contributed by atoms with Gasteiger partial charge in [-0.05, 0) is 48.7 Å². The summed E-state index contributed by atoms with van der Waals surface area (Å²) in [6, 6.07) is 10.5. The lowest BCUT2D eigenvalue weighted by Gasteiger charge is -2.28. The van der Waals surface area contributed by atoms with Gasteiger partial charge in [0.05, 0.1) is 28.7 Å². The minimum atomic E-state index is -0.901. The molecule has 0 spiro atoms. The van der Waals surface area contributed by atoms with Gasteiger partial charge in [0.1, 0.15) is 17.2 Å². The molecule has 2 unspecified atom stereocenters. The van der Waals surface area contributed by atoms with Crippen LogP contribution >= 0.6 is 0 Å². The fraction of sp³-hybridized carbons (Fsp3) is 0.269. The van der Waals surface area contributed by atoms with E-state index in [0.717, 1.165) is 36.2 Å². The topological polar surface area (TPSA) is 89.2 Å². The van der Waals surface area contributed by atoms with E-state index in [0.29, 0.717) is 12.8 Å². The van der Waals surface area contributed by atoms with Crippen molar-refractivity contribution in [2.45, 2.75) is 44.4 Å². The van der Waals surface area contributed by atoms with Gasteiger partial charge in [-0.15, -0.1) is 0 Å². The number of hydrogen-bond acceptors (Lipinski definition) is 4. The highest BCUT2D eigenvalue weighted by Crippen LogP contribution is 2.22. The SMILES string of the molecule is O=C(NC1CCCCC1O)c1cn(Cc2ccc(-n3cccn3)cc2)c2c(F)ccc(F)c2c1=O. The molecule has 2 heterocycles. The molecule has 35 heavy (non-hydrogen) atoms. The van der Waals surface area contributed by atoms with Crippen LogP contribution in [0.5, 0.6) is 0 Å². The van der Waals surface area contributed by atoms with E-state index in [4.69, 9.17) is 0 Å². The van der Waals surface area contributed by atoms with Crippen molar-refractivity contribution in [1.82, 2.24) is 19.7 Å². The molecule has 2 N–H and O–H groups in total. The minimum absolute atomic E-state index is 0.100. The summed E-state index contributed by atoms with van der Waals surface area (Å²) in [4.78, 5) is 26.1. The third-order valence-corrected chi connectivity index (χ3v) is 6.47. The van der Waals surface area contributed by atoms with E-state index in [-0.39, 0.29) is 17.6 Å². The van der Waals surface area contributed by atoms with Crippen LogP contribution in [0.25, 0.3) is 16.6 Å². The smallest absolute Gasteiger partial charge is 0.257 e. The normalized spacial score (nSPS) is 18.0. The van der Waals surface area contributed by atoms with Crippen molar-refractivity contribution in [3.05, 3.63) is 94.0 Å². The molecule has 180 valence electrons. The molecule has 0 saturated heterocycles. The molecule has 1 fully saturated rings. The predicted octanol–water partition coefficient (Wildman–Crippen LogP) is 3.55. The Balaban J connectivity index is 1.54. The Morgan fingerprint density at radius 1 is 1.09 bits per heavy atom. The summed E-state index contributed by atoms with van der Waals surface area (Å²) in [6.45, 7) is 0.100. The number of fused-ring (bicyclic) bond motifs is 1. The van der Waals surface area contributed by atoms with Gasteiger partial charge in [-0.25, -0.2) is 13.5 Å². The van der Waals surface area contributed by atoms with Crippen LogP contribution < -0.4 is 10.7 Å². The Hall–Kier alpha value is -3.85. The molecule has 4 aromatic rings. The molecule has 1 aliphatic rings. The van der Waals surface area contributed by atoms with Crippen molar-refractivity contribution >= 4 is 16.8 Å². The second-order valence-corrected chi connectivity index (χ2v) is 8.80. The van der Waals surface area contributed by atoms with Gasteiger partial charge in [0.15, 0.2) is 0 Å². The molecule has 0 aliphatic heterocycles. The van der Waals surface area contributed by atoms with Gasteiger partial charge in [0.25, 0.3) is 5.91 Å². The maximum atomic E-state index is 14.8. The Bertz CT molecular complexity index is 1430. The van der Waals surface area contributed by atoms with Crippen LogP contribution in [0.4, 0.5) is 8.78 Å². The van der Waals surface area contributed by atoms with Crippen molar-refractivity contribution in [3.63, 3.8) is 0 Å². The van der Waals surface area contributed by atoms with Crippen LogP contribution in [-0.2, 0) is 6.54 Å². The summed E-state index contributed by atoms with van der Waals surface area (Å²) in [5, 5.41) is 16.6. The van der Waals surface area contributed by atoms with Crippen LogP contribution in [0.3, 0.4) is 0 Å². The predicted molar refractivity (Wildman–Crippen MR) is 127 cm³/mol. The van der Waals surface area contributed by atoms with E-state index in [1.807, 2.05) is 24.3 Å². The molecule has 0 bridgehead atoms. The van der Waals surface area contributed by atoms with E-state index in [2.05, 4.69) is 10.4 Å². The number of hydrogen-bond donors (Lipinski definition) is 2. The number of amides is 1. The number of benzene rings is 2. The van der Waals surface area contributed by atoms with Crippen molar-refractivity contribution in [1.29, 1.82) is 0 Å². The Labute approximate surface area is 199 Å². The molecule has 2 aromatic heterocycles. The van der Waals surface area contributed by atoms with E-state index in [1.165, 1.54) is 10.8 Å². The highest BCUT2D eigenvalue weighted by atomic mass is 19.1. The number of aromatic nitrogens is 3. The van der Waals surface area contributed by atoms with Crippen LogP contribution in [0, 0.1) is 11.6 Å². The van der Waals surface area contributed by atoms with Gasteiger partial charge in [-0.3, -0.25) is 9.59 Å². The first-order valence-corrected chi connectivity index (χ1v) is 11.5. The molecular weight excluding hydrogens is 454 g/mol. The van der Waals surface area contributed by atoms with Crippen molar-refractivity contribution < 1.29 is 18.7 Å². The standard InChI is InChI=1S/C26H24F2N4O3/c27-19-10-11-20(28)24-23(19)25(34)18(26(35)30-21-4-1-2-5-22(21)33)15-31(24)14-16-6-8-17(9-7-16)32-13-3-12-29-32/h3,6-13,15,21-22,33H,1-2,4-5,14H2,(H,30,35). The summed E-state index contributed by atoms with van der Waals surface area (Å²) >= 11 is 0. The van der Waals surface area contributed by atoms with Crippen LogP contribution in [0.2, 0.25) is 0 Å². The first kappa shape index (κ1) is 22.9. The summed E-state index contributed by atoms with van der Waals surface area (Å²) in [5.41, 5.74) is 0.189. The summed E-state index contributed by atoms with van der Waals surface area (Å²) in [5.74, 6) is -2.38. The highest BCUT2D eigenvalue weighted by Gasteiger charge is 2.27. The van der Waals surface area contributed by atoms with Crippen LogP contribution in [0.1, 0.15) is 41.6 Å². The average molecular weight is 478 g/mol. The maximum absolute atomic E-state index is 14.8. The van der Waals surface area contributed by atoms with Gasteiger partial charge in [-0.2, -0.15) is 5.10 Å². The largest absolute Gasteiger partial charge is 0.391 e. The lowest BCUT2D eigenvalue weighted by Crippen LogP contribution is -2.46. The molecule has 1 saturated carbocycles. The highest BCUT2D eigenvalue weighted by molar-refractivity contribution is 5.97. The number of carbonyl (C=O) groups excluding carboxylic acids is 1. The van der Waals surface area contributed by atoms with Gasteiger partial charge >= 0.3 is 0 Å². The molecule has 1 amide bonds. The monoisotopic (exact) mass is 478 g/mol. The second-order valence-electron chi connectivity index (χ2n) is 8.80. The number of pyridine rings is 1. The number of halogens is 2. The van der Waals surface area contributed by atoms with Gasteiger partial charge in [-0.1, -0.05) is 25.0 Å². The Kier molecular flexibility index (Phi) is 6.17. The first-order valence-electron chi connectivity index (χ1n) is 11.5. The first-order chi connectivity index (χ1) is 16.9. The van der Waals surface area contributed by atoms with Gasteiger partial charge in [0, 0.05) is 25.1 Å². The lowest BCUT2D eigenvalue weighted by atomic mass is 9.92. The third kappa shape index (κ3) is 4.46. The van der Waals surface area contributed by atoms with Gasteiger partial charge in [0.2, 0.25) is 5.43 Å². The zero-order valence-corrected chi connectivity index (χ0v) is 18.8. The van der Waals surface area contributed by atoms with Crippen molar-refractivity contribution in [2.24, 2.45) is 0 Å². The van der Waals surface area contributed by atoms with Gasteiger partial charge < -0.3 is 15.0 Å². The van der Waals surface area contributed by atoms with Crippen molar-refractivity contribution in [3.8, 4) is 5.69 Å². The molecule has 1 aliphatic carbocycles. The number of aliphatic hydroxyl groups is 1. The quantitative estimate of drug-likeness (QED) is 0.459. The zero-order valence-electron chi connectivity index (χ0n) is 18.8. The number of carbonyl (C=O) groups is 1. The molecular formula is C26H24F2N4O3. The molecule has 0 radical (unpaired) electrons. The van der Waals surface area contributed by atoms with E-state index in [1.54, 1.807) is 23.1 Å². The molecule has 2 aromatic carbocycles. The molecule has 9 heteroatoms. The summed E-state index contributed by atoms with van der Waals surface area (Å²) < 4.78 is 32.7. The lowest BCUT2D eigenvalue weighted by molar-refractivity contribution is 0.0716. The number of aliphatic hydroxyl groups excluding tert-OH is 1. The van der Waals surface area contributed by atoms with Crippen molar-refractivity contribution in [2.75, 3.05) is 0 Å². The average Bonchev–Trinajstić information content (AvgIpc) is 3.39. The van der Waals surface area contributed by atoms with E-state index >= 15 is 0 Å². The molecule has 7 nitrogen and oxygen atoms in total. The Morgan fingerprint density at radius 3 is 2.54 bits per heavy atom. The summed E-state index contributed by atoms with van der Waals surface area (Å²) in [6.07, 6.45) is 6.87. The van der Waals surface area contributed by atoms with Crippen LogP contribution in [-0.4, -0.2) is 37.5 Å². The number of rotatable bonds is 5. The number of nitrogens with zero attached hydrogens (tertiary/aromatic N) is 3. The van der Waals surface area contributed by atoms with E-state index < -0.39 is 40.5 Å². The molecule has 2 atom stereocenters. The fourth-order valence-corrected chi connectivity index (χ4v) is 4.64. The third-order valence-electron chi connectivity index (χ3n) is 6.47. The number of nitrogens with one attached hydrogen (secondary N) is 1. The fourth-order valence-electron chi connectivity index (χ4n) is 4.64. The minimum Gasteiger partial charge on any atom is -0.391 e. The van der Waals surface area contributed by atoms with Crippen LogP contribution in [0.15, 0.2) is 65.8 Å². The summed E-state index contributed by atoms with van der Waals surface area (Å²) in [7, 11) is 0. The second kappa shape index (κ2) is 9.42.